The van der Waals surface area contributed by atoms with E-state index >= 15 is 0 Å². The molecule has 1 aliphatic rings. The minimum Gasteiger partial charge on any atom is -0.293 e. The number of rotatable bonds is 5. The predicted molar refractivity (Wildman–Crippen MR) is 123 cm³/mol. The molecule has 0 N–H and O–H groups in total. The van der Waals surface area contributed by atoms with Crippen LogP contribution < -0.4 is 11.2 Å². The van der Waals surface area contributed by atoms with Crippen molar-refractivity contribution >= 4 is 0 Å². The first-order valence-electron chi connectivity index (χ1n) is 10.7. The lowest BCUT2D eigenvalue weighted by molar-refractivity contribution is 0.587. The van der Waals surface area contributed by atoms with Crippen molar-refractivity contribution < 1.29 is 0 Å². The van der Waals surface area contributed by atoms with Crippen molar-refractivity contribution in [2.24, 2.45) is 0 Å². The maximum Gasteiger partial charge on any atom is 0.331 e. The molecule has 0 fully saturated rings. The van der Waals surface area contributed by atoms with E-state index in [4.69, 9.17) is 0 Å². The van der Waals surface area contributed by atoms with Crippen molar-refractivity contribution in [3.63, 3.8) is 0 Å². The van der Waals surface area contributed by atoms with Gasteiger partial charge in [-0.2, -0.15) is 0 Å². The fourth-order valence-corrected chi connectivity index (χ4v) is 4.58. The van der Waals surface area contributed by atoms with Crippen molar-refractivity contribution in [3.8, 4) is 0 Å². The zero-order valence-corrected chi connectivity index (χ0v) is 17.3. The van der Waals surface area contributed by atoms with E-state index < -0.39 is 0 Å². The Balaban J connectivity index is 1.63. The van der Waals surface area contributed by atoms with Gasteiger partial charge in [-0.1, -0.05) is 91.0 Å². The lowest BCUT2D eigenvalue weighted by Gasteiger charge is -2.16. The first-order valence-corrected chi connectivity index (χ1v) is 10.7. The molecule has 0 saturated carbocycles. The molecule has 0 aliphatic heterocycles. The summed E-state index contributed by atoms with van der Waals surface area (Å²) in [5.41, 5.74) is 4.51. The summed E-state index contributed by atoms with van der Waals surface area (Å²) in [7, 11) is 0. The molecule has 0 amide bonds. The third-order valence-electron chi connectivity index (χ3n) is 6.17. The van der Waals surface area contributed by atoms with E-state index in [0.717, 1.165) is 22.4 Å². The van der Waals surface area contributed by atoms with Gasteiger partial charge in [0.05, 0.1) is 13.1 Å². The fourth-order valence-electron chi connectivity index (χ4n) is 4.58. The Morgan fingerprint density at radius 1 is 0.645 bits per heavy atom. The Morgan fingerprint density at radius 3 is 1.74 bits per heavy atom. The van der Waals surface area contributed by atoms with Crippen LogP contribution in [0.25, 0.3) is 0 Å². The first kappa shape index (κ1) is 19.3. The quantitative estimate of drug-likeness (QED) is 0.501. The Labute approximate surface area is 181 Å². The minimum atomic E-state index is -0.231. The van der Waals surface area contributed by atoms with Crippen molar-refractivity contribution in [2.75, 3.05) is 0 Å². The Kier molecular flexibility index (Phi) is 5.13. The summed E-state index contributed by atoms with van der Waals surface area (Å²) in [6.07, 6.45) is 1.38. The van der Waals surface area contributed by atoms with Crippen LogP contribution in [-0.2, 0) is 25.9 Å². The number of benzene rings is 3. The average Bonchev–Trinajstić information content (AvgIpc) is 3.27. The van der Waals surface area contributed by atoms with Gasteiger partial charge in [0.15, 0.2) is 0 Å². The summed E-state index contributed by atoms with van der Waals surface area (Å²) in [5.74, 6) is 0.220. The third-order valence-corrected chi connectivity index (χ3v) is 6.17. The molecule has 1 aliphatic carbocycles. The second-order valence-corrected chi connectivity index (χ2v) is 8.17. The molecule has 1 aromatic heterocycles. The van der Waals surface area contributed by atoms with Crippen LogP contribution in [0.2, 0.25) is 0 Å². The standard InChI is InChI=1S/C27H24N2O2/c30-26-24-16-23(22-14-8-3-9-15-22)17-25(24)28(18-20-10-4-1-5-11-20)27(31)29(26)19-21-12-6-2-7-13-21/h1-15,23H,16-19H2. The molecule has 0 radical (unpaired) electrons. The SMILES string of the molecule is O=c1c2c(n(Cc3ccccc3)c(=O)n1Cc1ccccc1)CC(c1ccccc1)C2. The van der Waals surface area contributed by atoms with E-state index in [1.165, 1.54) is 10.1 Å². The van der Waals surface area contributed by atoms with Gasteiger partial charge in [-0.15, -0.1) is 0 Å². The second kappa shape index (κ2) is 8.23. The Morgan fingerprint density at radius 2 is 1.16 bits per heavy atom. The smallest absolute Gasteiger partial charge is 0.293 e. The van der Waals surface area contributed by atoms with Crippen LogP contribution >= 0.6 is 0 Å². The van der Waals surface area contributed by atoms with Crippen LogP contribution in [0, 0.1) is 0 Å². The molecule has 0 bridgehead atoms. The van der Waals surface area contributed by atoms with Crippen LogP contribution in [0.1, 0.15) is 33.9 Å². The van der Waals surface area contributed by atoms with Gasteiger partial charge in [-0.25, -0.2) is 4.79 Å². The van der Waals surface area contributed by atoms with Crippen LogP contribution in [0.4, 0.5) is 0 Å². The van der Waals surface area contributed by atoms with Gasteiger partial charge in [0.2, 0.25) is 0 Å². The molecular formula is C27H24N2O2. The number of fused-ring (bicyclic) bond motifs is 1. The van der Waals surface area contributed by atoms with E-state index in [1.54, 1.807) is 0 Å². The van der Waals surface area contributed by atoms with Crippen LogP contribution in [-0.4, -0.2) is 9.13 Å². The summed E-state index contributed by atoms with van der Waals surface area (Å²) in [5, 5.41) is 0. The summed E-state index contributed by atoms with van der Waals surface area (Å²) in [4.78, 5) is 26.9. The zero-order chi connectivity index (χ0) is 21.2. The predicted octanol–water partition coefficient (Wildman–Crippen LogP) is 3.99. The zero-order valence-electron chi connectivity index (χ0n) is 17.3. The molecule has 1 heterocycles. The highest BCUT2D eigenvalue weighted by Crippen LogP contribution is 2.32. The van der Waals surface area contributed by atoms with Crippen LogP contribution in [0.5, 0.6) is 0 Å². The number of nitrogens with zero attached hydrogens (tertiary/aromatic N) is 2. The normalized spacial score (nSPS) is 15.0. The molecular weight excluding hydrogens is 384 g/mol. The van der Waals surface area contributed by atoms with Gasteiger partial charge in [0.1, 0.15) is 0 Å². The third kappa shape index (κ3) is 3.77. The maximum absolute atomic E-state index is 13.5. The molecule has 3 aromatic carbocycles. The van der Waals surface area contributed by atoms with Gasteiger partial charge in [-0.3, -0.25) is 13.9 Å². The van der Waals surface area contributed by atoms with Gasteiger partial charge in [-0.05, 0) is 35.4 Å². The van der Waals surface area contributed by atoms with Crippen LogP contribution in [0.15, 0.2) is 101 Å². The van der Waals surface area contributed by atoms with Crippen molar-refractivity contribution in [1.82, 2.24) is 9.13 Å². The van der Waals surface area contributed by atoms with Gasteiger partial charge in [0, 0.05) is 11.3 Å². The molecule has 4 nitrogen and oxygen atoms in total. The Hall–Kier alpha value is -3.66. The first-order chi connectivity index (χ1) is 15.2. The second-order valence-electron chi connectivity index (χ2n) is 8.17. The topological polar surface area (TPSA) is 44.0 Å². The number of aromatic nitrogens is 2. The molecule has 4 aromatic rings. The van der Waals surface area contributed by atoms with Crippen molar-refractivity contribution in [1.29, 1.82) is 0 Å². The Bertz CT molecular complexity index is 1310. The van der Waals surface area contributed by atoms with Crippen LogP contribution in [0.3, 0.4) is 0 Å². The van der Waals surface area contributed by atoms with E-state index in [-0.39, 0.29) is 23.7 Å². The van der Waals surface area contributed by atoms with E-state index in [0.29, 0.717) is 19.4 Å². The van der Waals surface area contributed by atoms with Crippen molar-refractivity contribution in [3.05, 3.63) is 140 Å². The lowest BCUT2D eigenvalue weighted by Crippen LogP contribution is -2.43. The molecule has 0 saturated heterocycles. The minimum absolute atomic E-state index is 0.147. The molecule has 5 rings (SSSR count). The average molecular weight is 409 g/mol. The largest absolute Gasteiger partial charge is 0.331 e. The summed E-state index contributed by atoms with van der Waals surface area (Å²) in [6.45, 7) is 0.759. The molecule has 31 heavy (non-hydrogen) atoms. The van der Waals surface area contributed by atoms with Gasteiger partial charge < -0.3 is 0 Å². The molecule has 4 heteroatoms. The molecule has 0 spiro atoms. The highest BCUT2D eigenvalue weighted by atomic mass is 16.2. The molecule has 1 atom stereocenters. The highest BCUT2D eigenvalue weighted by molar-refractivity contribution is 5.34. The summed E-state index contributed by atoms with van der Waals surface area (Å²) >= 11 is 0. The number of hydrogen-bond acceptors (Lipinski definition) is 2. The monoisotopic (exact) mass is 408 g/mol. The highest BCUT2D eigenvalue weighted by Gasteiger charge is 2.30. The lowest BCUT2D eigenvalue weighted by atomic mass is 9.97. The number of hydrogen-bond donors (Lipinski definition) is 0. The van der Waals surface area contributed by atoms with Gasteiger partial charge >= 0.3 is 5.69 Å². The van der Waals surface area contributed by atoms with E-state index in [1.807, 2.05) is 83.4 Å². The summed E-state index contributed by atoms with van der Waals surface area (Å²) in [6, 6.07) is 30.0. The van der Waals surface area contributed by atoms with E-state index in [9.17, 15) is 9.59 Å². The molecule has 1 unspecified atom stereocenters. The van der Waals surface area contributed by atoms with Gasteiger partial charge in [0.25, 0.3) is 5.56 Å². The maximum atomic E-state index is 13.5. The molecule has 154 valence electrons. The van der Waals surface area contributed by atoms with Crippen molar-refractivity contribution in [2.45, 2.75) is 31.8 Å². The summed E-state index contributed by atoms with van der Waals surface area (Å²) < 4.78 is 3.22. The fraction of sp³-hybridized carbons (Fsp3) is 0.185. The van der Waals surface area contributed by atoms with E-state index in [2.05, 4.69) is 12.1 Å².